The van der Waals surface area contributed by atoms with Gasteiger partial charge in [0.25, 0.3) is 0 Å². The number of nitrogens with one attached hydrogen (secondary N) is 1. The Bertz CT molecular complexity index is 1080. The molecule has 3 aromatic rings. The highest BCUT2D eigenvalue weighted by Crippen LogP contribution is 2.45. The van der Waals surface area contributed by atoms with Crippen molar-refractivity contribution in [3.8, 4) is 0 Å². The summed E-state index contributed by atoms with van der Waals surface area (Å²) in [6.07, 6.45) is 0. The number of halogens is 1. The minimum atomic E-state index is -0.504. The second kappa shape index (κ2) is 6.63. The number of nitrogens with zero attached hydrogens (tertiary/aromatic N) is 2. The molecule has 2 heterocycles. The van der Waals surface area contributed by atoms with E-state index < -0.39 is 9.70 Å². The van der Waals surface area contributed by atoms with E-state index in [4.69, 9.17) is 15.7 Å². The van der Waals surface area contributed by atoms with Gasteiger partial charge in [0.15, 0.2) is 0 Å². The Labute approximate surface area is 158 Å². The van der Waals surface area contributed by atoms with Crippen molar-refractivity contribution in [2.24, 2.45) is 4.99 Å². The first-order valence-corrected chi connectivity index (χ1v) is 11.3. The lowest BCUT2D eigenvalue weighted by Gasteiger charge is -2.23. The number of thiophene rings is 1. The Kier molecular flexibility index (Phi) is 4.48. The second-order valence-corrected chi connectivity index (χ2v) is 9.11. The van der Waals surface area contributed by atoms with Crippen LogP contribution in [0.4, 0.5) is 17.1 Å². The third-order valence-electron chi connectivity index (χ3n) is 4.64. The fourth-order valence-electron chi connectivity index (χ4n) is 3.31. The van der Waals surface area contributed by atoms with Crippen molar-refractivity contribution in [3.63, 3.8) is 0 Å². The maximum Gasteiger partial charge on any atom is 0.0959 e. The molecule has 4 rings (SSSR count). The fourth-order valence-corrected chi connectivity index (χ4v) is 6.30. The summed E-state index contributed by atoms with van der Waals surface area (Å²) in [6, 6.07) is 10.8. The minimum absolute atomic E-state index is 0.504. The lowest BCUT2D eigenvalue weighted by atomic mass is 10.2. The maximum absolute atomic E-state index is 6.96. The molecule has 130 valence electrons. The largest absolute Gasteiger partial charge is 0.388 e. The smallest absolute Gasteiger partial charge is 0.0959 e. The molecular weight excluding hydrogens is 370 g/mol. The van der Waals surface area contributed by atoms with Crippen LogP contribution < -0.4 is 15.6 Å². The summed E-state index contributed by atoms with van der Waals surface area (Å²) in [6.45, 7) is 6.32. The third kappa shape index (κ3) is 2.65. The van der Waals surface area contributed by atoms with E-state index in [0.29, 0.717) is 0 Å². The van der Waals surface area contributed by atoms with E-state index in [1.54, 1.807) is 11.3 Å². The first-order chi connectivity index (χ1) is 12.2. The fraction of sp³-hybridized carbons (Fsp3) is 0.263. The lowest BCUT2D eigenvalue weighted by Crippen LogP contribution is -2.21. The summed E-state index contributed by atoms with van der Waals surface area (Å²) in [5.41, 5.74) is 3.33. The number of anilines is 2. The molecule has 0 saturated heterocycles. The van der Waals surface area contributed by atoms with Gasteiger partial charge in [0.1, 0.15) is 0 Å². The zero-order valence-electron chi connectivity index (χ0n) is 14.5. The number of fused-ring (bicyclic) bond motifs is 4. The highest BCUT2D eigenvalue weighted by Gasteiger charge is 2.17. The summed E-state index contributed by atoms with van der Waals surface area (Å²) in [5.74, 6) is 0. The molecule has 0 amide bonds. The number of hydrogen-bond donors (Lipinski definition) is 1. The van der Waals surface area contributed by atoms with Gasteiger partial charge in [-0.3, -0.25) is 0 Å². The first-order valence-electron chi connectivity index (χ1n) is 8.41. The molecule has 3 nitrogen and oxygen atoms in total. The van der Waals surface area contributed by atoms with Gasteiger partial charge >= 0.3 is 0 Å². The monoisotopic (exact) mass is 389 g/mol. The molecule has 2 aromatic carbocycles. The van der Waals surface area contributed by atoms with Crippen molar-refractivity contribution in [3.05, 3.63) is 45.6 Å². The first kappa shape index (κ1) is 16.9. The average Bonchev–Trinajstić information content (AvgIpc) is 3.13. The summed E-state index contributed by atoms with van der Waals surface area (Å²) in [7, 11) is 8.41. The molecule has 6 heteroatoms. The molecule has 0 aliphatic carbocycles. The van der Waals surface area contributed by atoms with E-state index in [1.807, 2.05) is 7.05 Å². The molecule has 1 unspecified atom stereocenters. The number of hydrogen-bond acceptors (Lipinski definition) is 4. The lowest BCUT2D eigenvalue weighted by molar-refractivity contribution is 0.864. The Balaban J connectivity index is 2.02. The van der Waals surface area contributed by atoms with Crippen molar-refractivity contribution < 1.29 is 0 Å². The molecule has 0 fully saturated rings. The zero-order valence-corrected chi connectivity index (χ0v) is 16.9. The number of rotatable bonds is 4. The van der Waals surface area contributed by atoms with Crippen LogP contribution in [0.25, 0.3) is 10.1 Å². The van der Waals surface area contributed by atoms with Crippen LogP contribution in [0.15, 0.2) is 45.6 Å². The van der Waals surface area contributed by atoms with Crippen LogP contribution in [-0.2, 0) is 0 Å². The van der Waals surface area contributed by atoms with E-state index in [-0.39, 0.29) is 0 Å². The van der Waals surface area contributed by atoms with Crippen molar-refractivity contribution in [1.29, 1.82) is 0 Å². The molecule has 1 atom stereocenters. The quantitative estimate of drug-likeness (QED) is 0.572. The summed E-state index contributed by atoms with van der Waals surface area (Å²) < 4.78 is 2.32. The molecule has 25 heavy (non-hydrogen) atoms. The van der Waals surface area contributed by atoms with E-state index in [9.17, 15) is 0 Å². The summed E-state index contributed by atoms with van der Waals surface area (Å²) >= 11 is 1.73. The van der Waals surface area contributed by atoms with E-state index in [0.717, 1.165) is 39.2 Å². The molecule has 1 aliphatic heterocycles. The van der Waals surface area contributed by atoms with Crippen LogP contribution in [-0.4, -0.2) is 20.1 Å². The normalized spacial score (nSPS) is 15.4. The third-order valence-corrected chi connectivity index (χ3v) is 7.97. The van der Waals surface area contributed by atoms with E-state index in [2.05, 4.69) is 59.8 Å². The summed E-state index contributed by atoms with van der Waals surface area (Å²) in [4.78, 5) is 8.43. The highest BCUT2D eigenvalue weighted by molar-refractivity contribution is 8.29. The molecule has 1 aromatic heterocycles. The van der Waals surface area contributed by atoms with Gasteiger partial charge in [-0.25, -0.2) is 4.99 Å². The van der Waals surface area contributed by atoms with Crippen molar-refractivity contribution in [1.82, 2.24) is 0 Å². The van der Waals surface area contributed by atoms with Crippen LogP contribution in [0, 0.1) is 4.51 Å². The Morgan fingerprint density at radius 2 is 2.00 bits per heavy atom. The van der Waals surface area contributed by atoms with E-state index in [1.165, 1.54) is 15.8 Å². The number of benzene rings is 2. The highest BCUT2D eigenvalue weighted by atomic mass is 35.7. The van der Waals surface area contributed by atoms with Gasteiger partial charge in [0.05, 0.1) is 15.7 Å². The van der Waals surface area contributed by atoms with Crippen LogP contribution >= 0.6 is 31.7 Å². The van der Waals surface area contributed by atoms with Gasteiger partial charge in [-0.05, 0) is 60.2 Å². The van der Waals surface area contributed by atoms with Crippen molar-refractivity contribution >= 4 is 58.9 Å². The predicted octanol–water partition coefficient (Wildman–Crippen LogP) is 5.79. The van der Waals surface area contributed by atoms with Gasteiger partial charge in [-0.2, -0.15) is 0 Å². The summed E-state index contributed by atoms with van der Waals surface area (Å²) in [5, 5.41) is 7.67. The van der Waals surface area contributed by atoms with Gasteiger partial charge in [0, 0.05) is 46.3 Å². The van der Waals surface area contributed by atoms with Crippen LogP contribution in [0.2, 0.25) is 0 Å². The Morgan fingerprint density at radius 1 is 1.20 bits per heavy atom. The molecule has 0 saturated carbocycles. The van der Waals surface area contributed by atoms with Gasteiger partial charge in [-0.15, -0.1) is 11.3 Å². The van der Waals surface area contributed by atoms with Crippen LogP contribution in [0.5, 0.6) is 0 Å². The maximum atomic E-state index is 6.96. The molecule has 0 bridgehead atoms. The minimum Gasteiger partial charge on any atom is -0.388 e. The molecule has 0 spiro atoms. The van der Waals surface area contributed by atoms with E-state index >= 15 is 0 Å². The SMILES string of the molecule is CCN(CC)c1ccc2c(c1)S(Cl)=c1cc(NC)c3ccsc3c1=N2. The predicted molar refractivity (Wildman–Crippen MR) is 113 cm³/mol. The van der Waals surface area contributed by atoms with Gasteiger partial charge in [0.2, 0.25) is 0 Å². The molecule has 1 N–H and O–H groups in total. The van der Waals surface area contributed by atoms with Gasteiger partial charge in [-0.1, -0.05) is 9.70 Å². The molecular formula is C19H20ClN3S2. The molecule has 0 radical (unpaired) electrons. The van der Waals surface area contributed by atoms with Crippen LogP contribution in [0.3, 0.4) is 0 Å². The van der Waals surface area contributed by atoms with Gasteiger partial charge < -0.3 is 10.2 Å². The van der Waals surface area contributed by atoms with Crippen LogP contribution in [0.1, 0.15) is 13.8 Å². The van der Waals surface area contributed by atoms with Crippen molar-refractivity contribution in [2.45, 2.75) is 18.7 Å². The second-order valence-electron chi connectivity index (χ2n) is 5.88. The Morgan fingerprint density at radius 3 is 2.72 bits per heavy atom. The zero-order chi connectivity index (χ0) is 17.6. The Hall–Kier alpha value is -1.56. The molecule has 1 aliphatic rings. The standard InChI is InChI=1S/C19H20ClN3S2/c1-4-23(5-2)12-6-7-14-16(10-12)25(20)17-11-15(21-3)13-8-9-24-19(13)18(17)22-14/h6-11,21H,4-5H2,1-3H3. The van der Waals surface area contributed by atoms with Crippen molar-refractivity contribution in [2.75, 3.05) is 30.4 Å². The average molecular weight is 390 g/mol. The topological polar surface area (TPSA) is 27.6 Å².